The van der Waals surface area contributed by atoms with E-state index in [2.05, 4.69) is 15.5 Å². The highest BCUT2D eigenvalue weighted by atomic mass is 32.1. The molecule has 1 fully saturated rings. The lowest BCUT2D eigenvalue weighted by atomic mass is 10.3. The standard InChI is InChI=1S/C16H21N5O3S/c1-2-6-21(15(23)11-20-7-5-17-13(22)9-20)10-14-18-19-16(24-14)12-4-3-8-25-12/h3-4,8H,2,5-7,9-11H2,1H3,(H,17,22). The zero-order valence-electron chi connectivity index (χ0n) is 14.1. The van der Waals surface area contributed by atoms with Crippen molar-refractivity contribution in [2.75, 3.05) is 32.7 Å². The van der Waals surface area contributed by atoms with E-state index < -0.39 is 0 Å². The normalized spacial score (nSPS) is 15.2. The number of rotatable bonds is 7. The fourth-order valence-electron chi connectivity index (χ4n) is 2.66. The largest absolute Gasteiger partial charge is 0.418 e. The van der Waals surface area contributed by atoms with Crippen molar-refractivity contribution in [3.05, 3.63) is 23.4 Å². The highest BCUT2D eigenvalue weighted by Crippen LogP contribution is 2.23. The van der Waals surface area contributed by atoms with Crippen LogP contribution in [0.3, 0.4) is 0 Å². The molecule has 1 aliphatic rings. The Bertz CT molecular complexity index is 715. The Morgan fingerprint density at radius 3 is 3.08 bits per heavy atom. The molecule has 0 aliphatic carbocycles. The predicted molar refractivity (Wildman–Crippen MR) is 92.8 cm³/mol. The highest BCUT2D eigenvalue weighted by molar-refractivity contribution is 7.13. The van der Waals surface area contributed by atoms with E-state index in [4.69, 9.17) is 4.42 Å². The molecule has 0 radical (unpaired) electrons. The van der Waals surface area contributed by atoms with Crippen LogP contribution < -0.4 is 5.32 Å². The number of hydrogen-bond acceptors (Lipinski definition) is 7. The second-order valence-electron chi connectivity index (χ2n) is 5.85. The topological polar surface area (TPSA) is 91.6 Å². The third-order valence-corrected chi connectivity index (χ3v) is 4.71. The highest BCUT2D eigenvalue weighted by Gasteiger charge is 2.23. The molecular formula is C16H21N5O3S. The summed E-state index contributed by atoms with van der Waals surface area (Å²) in [6.45, 7) is 4.64. The van der Waals surface area contributed by atoms with Gasteiger partial charge in [-0.05, 0) is 17.9 Å². The van der Waals surface area contributed by atoms with Gasteiger partial charge in [-0.2, -0.15) is 0 Å². The van der Waals surface area contributed by atoms with E-state index in [-0.39, 0.29) is 31.4 Å². The minimum Gasteiger partial charge on any atom is -0.418 e. The number of carbonyl (C=O) groups is 2. The second kappa shape index (κ2) is 8.21. The summed E-state index contributed by atoms with van der Waals surface area (Å²) in [6, 6.07) is 3.84. The molecule has 0 bridgehead atoms. The summed E-state index contributed by atoms with van der Waals surface area (Å²) in [7, 11) is 0. The van der Waals surface area contributed by atoms with Crippen molar-refractivity contribution >= 4 is 23.2 Å². The fraction of sp³-hybridized carbons (Fsp3) is 0.500. The molecule has 2 amide bonds. The number of nitrogens with one attached hydrogen (secondary N) is 1. The monoisotopic (exact) mass is 363 g/mol. The maximum absolute atomic E-state index is 12.6. The van der Waals surface area contributed by atoms with Gasteiger partial charge < -0.3 is 14.6 Å². The van der Waals surface area contributed by atoms with Gasteiger partial charge >= 0.3 is 0 Å². The van der Waals surface area contributed by atoms with Gasteiger partial charge in [-0.15, -0.1) is 21.5 Å². The van der Waals surface area contributed by atoms with E-state index in [1.54, 1.807) is 4.90 Å². The summed E-state index contributed by atoms with van der Waals surface area (Å²) in [5, 5.41) is 12.8. The van der Waals surface area contributed by atoms with Gasteiger partial charge in [0.15, 0.2) is 0 Å². The minimum atomic E-state index is -0.0430. The number of aromatic nitrogens is 2. The van der Waals surface area contributed by atoms with Crippen LogP contribution in [0, 0.1) is 0 Å². The van der Waals surface area contributed by atoms with Crippen molar-refractivity contribution in [2.24, 2.45) is 0 Å². The van der Waals surface area contributed by atoms with Crippen LogP contribution in [0.4, 0.5) is 0 Å². The second-order valence-corrected chi connectivity index (χ2v) is 6.80. The van der Waals surface area contributed by atoms with Crippen molar-refractivity contribution in [3.63, 3.8) is 0 Å². The number of nitrogens with zero attached hydrogens (tertiary/aromatic N) is 4. The van der Waals surface area contributed by atoms with Crippen LogP contribution in [-0.4, -0.2) is 64.5 Å². The van der Waals surface area contributed by atoms with Crippen LogP contribution >= 0.6 is 11.3 Å². The van der Waals surface area contributed by atoms with Crippen LogP contribution in [0.25, 0.3) is 10.8 Å². The first-order chi connectivity index (χ1) is 12.2. The molecule has 1 N–H and O–H groups in total. The first-order valence-electron chi connectivity index (χ1n) is 8.28. The smallest absolute Gasteiger partial charge is 0.257 e. The van der Waals surface area contributed by atoms with Crippen molar-refractivity contribution in [1.29, 1.82) is 0 Å². The molecule has 0 atom stereocenters. The van der Waals surface area contributed by atoms with Crippen LogP contribution in [0.2, 0.25) is 0 Å². The summed E-state index contributed by atoms with van der Waals surface area (Å²) in [5.41, 5.74) is 0. The molecule has 2 aromatic heterocycles. The van der Waals surface area contributed by atoms with Gasteiger partial charge in [0.2, 0.25) is 17.7 Å². The quantitative estimate of drug-likeness (QED) is 0.788. The molecule has 8 nitrogen and oxygen atoms in total. The first kappa shape index (κ1) is 17.6. The molecule has 0 saturated carbocycles. The number of carbonyl (C=O) groups excluding carboxylic acids is 2. The zero-order chi connectivity index (χ0) is 17.6. The van der Waals surface area contributed by atoms with E-state index in [0.29, 0.717) is 31.4 Å². The van der Waals surface area contributed by atoms with Gasteiger partial charge in [-0.3, -0.25) is 14.5 Å². The number of thiophene rings is 1. The molecule has 0 unspecified atom stereocenters. The molecule has 1 aliphatic heterocycles. The molecule has 2 aromatic rings. The summed E-state index contributed by atoms with van der Waals surface area (Å²) < 4.78 is 5.68. The van der Waals surface area contributed by atoms with Gasteiger partial charge in [0.05, 0.1) is 24.5 Å². The summed E-state index contributed by atoms with van der Waals surface area (Å²) in [5.74, 6) is 0.814. The van der Waals surface area contributed by atoms with E-state index >= 15 is 0 Å². The molecule has 0 spiro atoms. The van der Waals surface area contributed by atoms with Crippen LogP contribution in [-0.2, 0) is 16.1 Å². The summed E-state index contributed by atoms with van der Waals surface area (Å²) in [6.07, 6.45) is 0.831. The lowest BCUT2D eigenvalue weighted by Gasteiger charge is -2.28. The molecule has 1 saturated heterocycles. The maximum atomic E-state index is 12.6. The number of amides is 2. The Balaban J connectivity index is 1.62. The van der Waals surface area contributed by atoms with Crippen molar-refractivity contribution < 1.29 is 14.0 Å². The molecular weight excluding hydrogens is 342 g/mol. The first-order valence-corrected chi connectivity index (χ1v) is 9.16. The van der Waals surface area contributed by atoms with Gasteiger partial charge in [-0.1, -0.05) is 13.0 Å². The maximum Gasteiger partial charge on any atom is 0.257 e. The Morgan fingerprint density at radius 1 is 1.48 bits per heavy atom. The average molecular weight is 363 g/mol. The Kier molecular flexibility index (Phi) is 5.77. The Labute approximate surface area is 149 Å². The lowest BCUT2D eigenvalue weighted by Crippen LogP contribution is -2.51. The third kappa shape index (κ3) is 4.64. The van der Waals surface area contributed by atoms with E-state index in [1.807, 2.05) is 29.3 Å². The van der Waals surface area contributed by atoms with Crippen molar-refractivity contribution in [3.8, 4) is 10.8 Å². The molecule has 0 aromatic carbocycles. The molecule has 25 heavy (non-hydrogen) atoms. The van der Waals surface area contributed by atoms with Gasteiger partial charge in [-0.25, -0.2) is 0 Å². The zero-order valence-corrected chi connectivity index (χ0v) is 14.9. The molecule has 9 heteroatoms. The number of piperazine rings is 1. The summed E-state index contributed by atoms with van der Waals surface area (Å²) in [4.78, 5) is 28.5. The van der Waals surface area contributed by atoms with Crippen LogP contribution in [0.1, 0.15) is 19.2 Å². The lowest BCUT2D eigenvalue weighted by molar-refractivity contribution is -0.134. The summed E-state index contributed by atoms with van der Waals surface area (Å²) >= 11 is 1.53. The Morgan fingerprint density at radius 2 is 2.36 bits per heavy atom. The fourth-order valence-corrected chi connectivity index (χ4v) is 3.30. The van der Waals surface area contributed by atoms with Crippen molar-refractivity contribution in [1.82, 2.24) is 25.3 Å². The molecule has 134 valence electrons. The average Bonchev–Trinajstić information content (AvgIpc) is 3.26. The van der Waals surface area contributed by atoms with Gasteiger partial charge in [0.25, 0.3) is 5.89 Å². The Hall–Kier alpha value is -2.26. The number of hydrogen-bond donors (Lipinski definition) is 1. The minimum absolute atomic E-state index is 0.0348. The molecule has 3 rings (SSSR count). The predicted octanol–water partition coefficient (Wildman–Crippen LogP) is 0.968. The van der Waals surface area contributed by atoms with Gasteiger partial charge in [0, 0.05) is 19.6 Å². The van der Waals surface area contributed by atoms with Gasteiger partial charge in [0.1, 0.15) is 0 Å². The SMILES string of the molecule is CCCN(Cc1nnc(-c2cccs2)o1)C(=O)CN1CCNC(=O)C1. The molecule has 3 heterocycles. The van der Waals surface area contributed by atoms with E-state index in [9.17, 15) is 9.59 Å². The van der Waals surface area contributed by atoms with E-state index in [1.165, 1.54) is 11.3 Å². The van der Waals surface area contributed by atoms with Crippen LogP contribution in [0.5, 0.6) is 0 Å². The third-order valence-electron chi connectivity index (χ3n) is 3.85. The van der Waals surface area contributed by atoms with Crippen LogP contribution in [0.15, 0.2) is 21.9 Å². The van der Waals surface area contributed by atoms with E-state index in [0.717, 1.165) is 11.3 Å². The van der Waals surface area contributed by atoms with Crippen molar-refractivity contribution in [2.45, 2.75) is 19.9 Å².